The van der Waals surface area contributed by atoms with Crippen molar-refractivity contribution < 1.29 is 9.53 Å². The van der Waals surface area contributed by atoms with E-state index in [1.165, 1.54) is 7.05 Å². The summed E-state index contributed by atoms with van der Waals surface area (Å²) in [7, 11) is 1.48. The van der Waals surface area contributed by atoms with Crippen LogP contribution in [0.3, 0.4) is 0 Å². The fourth-order valence-corrected chi connectivity index (χ4v) is 2.62. The Hall–Kier alpha value is -2.86. The number of aryl methyl sites for hydroxylation is 1. The van der Waals surface area contributed by atoms with Crippen LogP contribution in [0, 0.1) is 12.3 Å². The molecule has 0 aliphatic heterocycles. The number of hydrogen-bond donors (Lipinski definition) is 3. The lowest BCUT2D eigenvalue weighted by atomic mass is 10.0. The molecule has 2 aromatic carbocycles. The topological polar surface area (TPSA) is 91.4 Å². The normalized spacial score (nSPS) is 10.4. The van der Waals surface area contributed by atoms with Crippen molar-refractivity contribution in [2.45, 2.75) is 39.7 Å². The van der Waals surface area contributed by atoms with E-state index in [0.717, 1.165) is 46.7 Å². The van der Waals surface area contributed by atoms with Gasteiger partial charge in [0.05, 0.1) is 0 Å². The molecule has 0 unspecified atom stereocenters. The highest BCUT2D eigenvalue weighted by Crippen LogP contribution is 2.23. The molecule has 0 saturated carbocycles. The zero-order valence-corrected chi connectivity index (χ0v) is 16.2. The number of ether oxygens (including phenoxy) is 1. The quantitative estimate of drug-likeness (QED) is 0.278. The van der Waals surface area contributed by atoms with Crippen molar-refractivity contribution in [1.82, 2.24) is 5.01 Å². The van der Waals surface area contributed by atoms with Crippen molar-refractivity contribution in [3.05, 3.63) is 59.2 Å². The maximum absolute atomic E-state index is 11.8. The number of nitrogens with one attached hydrogen (secondary N) is 2. The van der Waals surface area contributed by atoms with Crippen molar-refractivity contribution in [2.24, 2.45) is 5.84 Å². The number of hydrazine groups is 1. The van der Waals surface area contributed by atoms with Crippen molar-refractivity contribution in [2.75, 3.05) is 12.4 Å². The fourth-order valence-electron chi connectivity index (χ4n) is 2.62. The monoisotopic (exact) mass is 368 g/mol. The van der Waals surface area contributed by atoms with E-state index in [0.29, 0.717) is 18.0 Å². The number of hydrogen-bond acceptors (Lipinski definition) is 4. The maximum Gasteiger partial charge on any atom is 0.335 e. The largest absolute Gasteiger partial charge is 0.489 e. The van der Waals surface area contributed by atoms with E-state index >= 15 is 0 Å². The number of amides is 2. The van der Waals surface area contributed by atoms with Crippen LogP contribution in [0.1, 0.15) is 42.9 Å². The Labute approximate surface area is 160 Å². The molecule has 0 bridgehead atoms. The average Bonchev–Trinajstić information content (AvgIpc) is 2.65. The Kier molecular flexibility index (Phi) is 7.37. The van der Waals surface area contributed by atoms with E-state index < -0.39 is 6.03 Å². The Bertz CT molecular complexity index is 803. The number of benzene rings is 2. The molecule has 0 aromatic heterocycles. The number of anilines is 1. The molecule has 27 heavy (non-hydrogen) atoms. The first kappa shape index (κ1) is 20.5. The van der Waals surface area contributed by atoms with Gasteiger partial charge in [-0.15, -0.1) is 0 Å². The van der Waals surface area contributed by atoms with E-state index in [1.54, 1.807) is 0 Å². The van der Waals surface area contributed by atoms with Gasteiger partial charge in [-0.1, -0.05) is 31.5 Å². The molecule has 0 aliphatic rings. The third-order valence-corrected chi connectivity index (χ3v) is 4.27. The molecule has 2 amide bonds. The smallest absolute Gasteiger partial charge is 0.335 e. The molecular formula is C21H28N4O2. The minimum atomic E-state index is -0.395. The van der Waals surface area contributed by atoms with Crippen molar-refractivity contribution >= 4 is 17.4 Å². The second-order valence-electron chi connectivity index (χ2n) is 6.55. The lowest BCUT2D eigenvalue weighted by Crippen LogP contribution is -2.37. The number of nitrogens with two attached hydrogens (primary N) is 1. The van der Waals surface area contributed by atoms with Crippen LogP contribution in [0.5, 0.6) is 5.75 Å². The zero-order valence-electron chi connectivity index (χ0n) is 16.2. The number of nitrogens with zero attached hydrogens (tertiary/aromatic N) is 1. The number of urea groups is 1. The predicted octanol–water partition coefficient (Wildman–Crippen LogP) is 4.47. The van der Waals surface area contributed by atoms with Crippen LogP contribution in [0.15, 0.2) is 42.5 Å². The molecule has 0 saturated heterocycles. The second-order valence-corrected chi connectivity index (χ2v) is 6.55. The molecule has 0 atom stereocenters. The first-order chi connectivity index (χ1) is 12.9. The minimum absolute atomic E-state index is 0.318. The van der Waals surface area contributed by atoms with Crippen LogP contribution in [-0.2, 0) is 6.61 Å². The maximum atomic E-state index is 11.8. The molecule has 0 radical (unpaired) electrons. The number of rotatable bonds is 8. The summed E-state index contributed by atoms with van der Waals surface area (Å²) in [5.41, 5.74) is 4.09. The van der Waals surface area contributed by atoms with Gasteiger partial charge in [-0.2, -0.15) is 0 Å². The van der Waals surface area contributed by atoms with Crippen LogP contribution in [0.4, 0.5) is 10.5 Å². The van der Waals surface area contributed by atoms with Crippen LogP contribution in [0.2, 0.25) is 0 Å². The first-order valence-corrected chi connectivity index (χ1v) is 9.11. The van der Waals surface area contributed by atoms with Crippen molar-refractivity contribution in [3.63, 3.8) is 0 Å². The summed E-state index contributed by atoms with van der Waals surface area (Å²) in [6.45, 7) is 4.42. The molecule has 6 heteroatoms. The van der Waals surface area contributed by atoms with Gasteiger partial charge in [0.2, 0.25) is 0 Å². The Balaban J connectivity index is 2.07. The van der Waals surface area contributed by atoms with Gasteiger partial charge in [0, 0.05) is 24.0 Å². The number of carbonyl (C=O) groups is 1. The van der Waals surface area contributed by atoms with Crippen LogP contribution in [0.25, 0.3) is 0 Å². The molecule has 0 heterocycles. The van der Waals surface area contributed by atoms with E-state index in [9.17, 15) is 4.79 Å². The van der Waals surface area contributed by atoms with Gasteiger partial charge < -0.3 is 15.5 Å². The van der Waals surface area contributed by atoms with Crippen LogP contribution < -0.4 is 15.9 Å². The SMILES string of the molecule is CCCCC(=N)c1ccc(OCc2ccccc2NC(=O)N(C)N)c(C)c1. The third kappa shape index (κ3) is 5.82. The predicted molar refractivity (Wildman–Crippen MR) is 109 cm³/mol. The Morgan fingerprint density at radius 1 is 1.26 bits per heavy atom. The van der Waals surface area contributed by atoms with E-state index in [4.69, 9.17) is 16.0 Å². The molecule has 0 spiro atoms. The summed E-state index contributed by atoms with van der Waals surface area (Å²) < 4.78 is 5.95. The average molecular weight is 368 g/mol. The van der Waals surface area contributed by atoms with Gasteiger partial charge in [0.1, 0.15) is 12.4 Å². The van der Waals surface area contributed by atoms with Crippen molar-refractivity contribution in [1.29, 1.82) is 5.41 Å². The van der Waals surface area contributed by atoms with E-state index in [-0.39, 0.29) is 0 Å². The van der Waals surface area contributed by atoms with Gasteiger partial charge in [-0.25, -0.2) is 10.6 Å². The Morgan fingerprint density at radius 2 is 2.00 bits per heavy atom. The van der Waals surface area contributed by atoms with Gasteiger partial charge >= 0.3 is 6.03 Å². The molecule has 4 N–H and O–H groups in total. The summed E-state index contributed by atoms with van der Waals surface area (Å²) in [5, 5.41) is 11.9. The molecule has 0 aliphatic carbocycles. The van der Waals surface area contributed by atoms with E-state index in [2.05, 4.69) is 12.2 Å². The molecule has 2 rings (SSSR count). The minimum Gasteiger partial charge on any atom is -0.489 e. The van der Waals surface area contributed by atoms with Gasteiger partial charge in [-0.05, 0) is 55.2 Å². The zero-order chi connectivity index (χ0) is 19.8. The number of carbonyl (C=O) groups excluding carboxylic acids is 1. The summed E-state index contributed by atoms with van der Waals surface area (Å²) in [5.74, 6) is 6.22. The molecule has 2 aromatic rings. The fraction of sp³-hybridized carbons (Fsp3) is 0.333. The summed E-state index contributed by atoms with van der Waals surface area (Å²) >= 11 is 0. The highest BCUT2D eigenvalue weighted by Gasteiger charge is 2.10. The standard InChI is InChI=1S/C21H28N4O2/c1-4-5-9-18(22)16-11-12-20(15(2)13-16)27-14-17-8-6-7-10-19(17)24-21(26)25(3)23/h6-8,10-13,22H,4-5,9,14,23H2,1-3H3,(H,24,26). The number of unbranched alkanes of at least 4 members (excludes halogenated alkanes) is 1. The highest BCUT2D eigenvalue weighted by molar-refractivity contribution is 5.98. The number of para-hydroxylation sites is 1. The third-order valence-electron chi connectivity index (χ3n) is 4.27. The van der Waals surface area contributed by atoms with Crippen molar-refractivity contribution in [3.8, 4) is 5.75 Å². The van der Waals surface area contributed by atoms with E-state index in [1.807, 2.05) is 49.4 Å². The van der Waals surface area contributed by atoms with Crippen LogP contribution in [-0.4, -0.2) is 23.8 Å². The molecule has 0 fully saturated rings. The van der Waals surface area contributed by atoms with Crippen LogP contribution >= 0.6 is 0 Å². The first-order valence-electron chi connectivity index (χ1n) is 9.11. The lowest BCUT2D eigenvalue weighted by Gasteiger charge is -2.16. The summed E-state index contributed by atoms with van der Waals surface area (Å²) in [6.07, 6.45) is 2.90. The highest BCUT2D eigenvalue weighted by atomic mass is 16.5. The Morgan fingerprint density at radius 3 is 2.67 bits per heavy atom. The second kappa shape index (κ2) is 9.73. The molecule has 6 nitrogen and oxygen atoms in total. The summed E-state index contributed by atoms with van der Waals surface area (Å²) in [6, 6.07) is 12.9. The van der Waals surface area contributed by atoms with Gasteiger partial charge in [0.25, 0.3) is 0 Å². The molecular weight excluding hydrogens is 340 g/mol. The molecule has 144 valence electrons. The van der Waals surface area contributed by atoms with Gasteiger partial charge in [0.15, 0.2) is 0 Å². The lowest BCUT2D eigenvalue weighted by molar-refractivity contribution is 0.223. The van der Waals surface area contributed by atoms with Gasteiger partial charge in [-0.3, -0.25) is 5.01 Å². The summed E-state index contributed by atoms with van der Waals surface area (Å²) in [4.78, 5) is 11.8.